The zero-order chi connectivity index (χ0) is 17.1. The maximum absolute atomic E-state index is 12.5. The van der Waals surface area contributed by atoms with E-state index in [1.807, 2.05) is 0 Å². The lowest BCUT2D eigenvalue weighted by atomic mass is 9.70. The van der Waals surface area contributed by atoms with E-state index in [0.717, 1.165) is 29.9 Å². The van der Waals surface area contributed by atoms with Gasteiger partial charge in [0.1, 0.15) is 5.78 Å². The Balaban J connectivity index is 1.47. The maximum atomic E-state index is 12.5. The van der Waals surface area contributed by atoms with Crippen molar-refractivity contribution in [3.8, 4) is 0 Å². The van der Waals surface area contributed by atoms with Gasteiger partial charge in [-0.15, -0.1) is 5.06 Å². The summed E-state index contributed by atoms with van der Waals surface area (Å²) in [5.41, 5.74) is 0.266. The monoisotopic (exact) mass is 345 g/mol. The van der Waals surface area contributed by atoms with Crippen molar-refractivity contribution in [1.29, 1.82) is 0 Å². The third-order valence-electron chi connectivity index (χ3n) is 6.33. The van der Waals surface area contributed by atoms with Gasteiger partial charge in [-0.1, -0.05) is 26.0 Å². The molecule has 126 valence electrons. The third-order valence-corrected chi connectivity index (χ3v) is 7.19. The summed E-state index contributed by atoms with van der Waals surface area (Å²) in [6.45, 7) is 4.30. The highest BCUT2D eigenvalue weighted by Gasteiger charge is 2.64. The van der Waals surface area contributed by atoms with Crippen LogP contribution >= 0.6 is 12.0 Å². The van der Waals surface area contributed by atoms with Crippen LogP contribution in [0.3, 0.4) is 0 Å². The minimum Gasteiger partial charge on any atom is -0.299 e. The Morgan fingerprint density at radius 2 is 1.79 bits per heavy atom. The number of benzene rings is 1. The summed E-state index contributed by atoms with van der Waals surface area (Å²) in [5.74, 6) is 0.318. The van der Waals surface area contributed by atoms with Crippen molar-refractivity contribution in [3.63, 3.8) is 0 Å². The first-order valence-corrected chi connectivity index (χ1v) is 9.10. The van der Waals surface area contributed by atoms with Crippen molar-refractivity contribution in [2.45, 2.75) is 33.1 Å². The van der Waals surface area contributed by atoms with E-state index in [4.69, 9.17) is 4.28 Å². The van der Waals surface area contributed by atoms with Gasteiger partial charge in [-0.25, -0.2) is 0 Å². The van der Waals surface area contributed by atoms with Crippen molar-refractivity contribution >= 4 is 29.6 Å². The second-order valence-electron chi connectivity index (χ2n) is 7.45. The highest BCUT2D eigenvalue weighted by Crippen LogP contribution is 2.64. The molecule has 1 aromatic rings. The van der Waals surface area contributed by atoms with E-state index in [1.165, 1.54) is 0 Å². The van der Waals surface area contributed by atoms with Gasteiger partial charge in [-0.05, 0) is 36.3 Å². The van der Waals surface area contributed by atoms with Crippen LogP contribution in [0, 0.1) is 16.7 Å². The predicted molar refractivity (Wildman–Crippen MR) is 89.0 cm³/mol. The number of rotatable bonds is 4. The molecule has 1 heterocycles. The van der Waals surface area contributed by atoms with Crippen LogP contribution in [0.2, 0.25) is 0 Å². The Bertz CT molecular complexity index is 724. The number of amides is 2. The van der Waals surface area contributed by atoms with Gasteiger partial charge in [0.25, 0.3) is 11.8 Å². The number of imide groups is 1. The summed E-state index contributed by atoms with van der Waals surface area (Å²) in [6.07, 6.45) is 2.56. The molecule has 0 saturated heterocycles. The highest BCUT2D eigenvalue weighted by molar-refractivity contribution is 7.94. The lowest BCUT2D eigenvalue weighted by molar-refractivity contribution is -0.128. The van der Waals surface area contributed by atoms with E-state index in [1.54, 1.807) is 24.3 Å². The Morgan fingerprint density at radius 3 is 2.29 bits per heavy atom. The second kappa shape index (κ2) is 5.17. The highest BCUT2D eigenvalue weighted by atomic mass is 32.2. The summed E-state index contributed by atoms with van der Waals surface area (Å²) in [6, 6.07) is 6.68. The van der Waals surface area contributed by atoms with Crippen LogP contribution in [0.1, 0.15) is 53.8 Å². The summed E-state index contributed by atoms with van der Waals surface area (Å²) in [7, 11) is 0. The van der Waals surface area contributed by atoms with Crippen LogP contribution in [0.4, 0.5) is 0 Å². The van der Waals surface area contributed by atoms with Crippen LogP contribution in [-0.2, 0) is 9.08 Å². The number of fused-ring (bicyclic) bond motifs is 3. The molecule has 4 rings (SSSR count). The smallest absolute Gasteiger partial charge is 0.286 e. The summed E-state index contributed by atoms with van der Waals surface area (Å²) >= 11 is 1.05. The van der Waals surface area contributed by atoms with Gasteiger partial charge < -0.3 is 0 Å². The fourth-order valence-electron chi connectivity index (χ4n) is 4.52. The molecule has 3 aliphatic rings. The number of hydrogen-bond acceptors (Lipinski definition) is 5. The van der Waals surface area contributed by atoms with E-state index in [9.17, 15) is 14.4 Å². The molecule has 5 nitrogen and oxygen atoms in total. The first kappa shape index (κ1) is 15.8. The molecule has 2 amide bonds. The molecule has 0 N–H and O–H groups in total. The van der Waals surface area contributed by atoms with Crippen molar-refractivity contribution in [1.82, 2.24) is 5.06 Å². The van der Waals surface area contributed by atoms with Gasteiger partial charge in [0.05, 0.1) is 11.1 Å². The lowest BCUT2D eigenvalue weighted by Gasteiger charge is -2.35. The lowest BCUT2D eigenvalue weighted by Crippen LogP contribution is -2.39. The van der Waals surface area contributed by atoms with Gasteiger partial charge in [-0.2, -0.15) is 4.28 Å². The number of ketones is 1. The zero-order valence-corrected chi connectivity index (χ0v) is 14.5. The van der Waals surface area contributed by atoms with Gasteiger partial charge in [0.15, 0.2) is 0 Å². The van der Waals surface area contributed by atoms with E-state index in [2.05, 4.69) is 13.8 Å². The van der Waals surface area contributed by atoms with Crippen LogP contribution < -0.4 is 0 Å². The molecule has 6 heteroatoms. The molecule has 1 aliphatic heterocycles. The number of carbonyl (C=O) groups excluding carboxylic acids is 3. The Labute approximate surface area is 144 Å². The fraction of sp³-hybridized carbons (Fsp3) is 0.500. The molecule has 24 heavy (non-hydrogen) atoms. The van der Waals surface area contributed by atoms with Gasteiger partial charge in [0.2, 0.25) is 0 Å². The number of nitrogens with zero attached hydrogens (tertiary/aromatic N) is 1. The van der Waals surface area contributed by atoms with Crippen molar-refractivity contribution in [2.24, 2.45) is 16.7 Å². The molecule has 2 saturated carbocycles. The third kappa shape index (κ3) is 1.90. The predicted octanol–water partition coefficient (Wildman–Crippen LogP) is 3.26. The van der Waals surface area contributed by atoms with Gasteiger partial charge in [-0.3, -0.25) is 14.4 Å². The van der Waals surface area contributed by atoms with Crippen LogP contribution in [-0.4, -0.2) is 28.4 Å². The summed E-state index contributed by atoms with van der Waals surface area (Å²) < 4.78 is 5.46. The molecular weight excluding hydrogens is 326 g/mol. The average molecular weight is 345 g/mol. The standard InChI is InChI=1S/C18H19NO4S/c1-17(2)11-7-8-18(17,14(20)9-11)10-24-23-19-15(21)12-5-3-4-6-13(12)16(19)22/h3-6,11H,7-10H2,1-2H3. The number of Topliss-reactive ketones (excluding diaryl/α,β-unsaturated/α-hetero) is 1. The average Bonchev–Trinajstić information content (AvgIpc) is 3.03. The number of hydroxylamine groups is 2. The fourth-order valence-corrected chi connectivity index (χ4v) is 5.69. The summed E-state index contributed by atoms with van der Waals surface area (Å²) in [4.78, 5) is 37.1. The normalized spacial score (nSPS) is 30.3. The van der Waals surface area contributed by atoms with E-state index >= 15 is 0 Å². The van der Waals surface area contributed by atoms with Crippen LogP contribution in [0.15, 0.2) is 24.3 Å². The van der Waals surface area contributed by atoms with Crippen molar-refractivity contribution in [3.05, 3.63) is 35.4 Å². The quantitative estimate of drug-likeness (QED) is 0.619. The van der Waals surface area contributed by atoms with Gasteiger partial charge in [0, 0.05) is 29.6 Å². The molecular formula is C18H19NO4S. The Kier molecular flexibility index (Phi) is 3.41. The van der Waals surface area contributed by atoms with Crippen LogP contribution in [0.5, 0.6) is 0 Å². The van der Waals surface area contributed by atoms with Gasteiger partial charge >= 0.3 is 0 Å². The van der Waals surface area contributed by atoms with Crippen molar-refractivity contribution < 1.29 is 18.7 Å². The molecule has 2 fully saturated rings. The molecule has 1 aromatic carbocycles. The molecule has 0 radical (unpaired) electrons. The maximum Gasteiger partial charge on any atom is 0.286 e. The molecule has 0 aromatic heterocycles. The molecule has 2 atom stereocenters. The molecule has 2 bridgehead atoms. The Hall–Kier alpha value is -1.66. The minimum atomic E-state index is -0.443. The van der Waals surface area contributed by atoms with Crippen molar-refractivity contribution in [2.75, 3.05) is 5.75 Å². The SMILES string of the molecule is CC1(C)C2CCC1(CSON1C(=O)c3ccccc3C1=O)C(=O)C2. The van der Waals surface area contributed by atoms with E-state index < -0.39 is 17.2 Å². The Morgan fingerprint density at radius 1 is 1.17 bits per heavy atom. The van der Waals surface area contributed by atoms with E-state index in [0.29, 0.717) is 35.0 Å². The van der Waals surface area contributed by atoms with E-state index in [-0.39, 0.29) is 5.41 Å². The minimum absolute atomic E-state index is 0.0531. The number of carbonyl (C=O) groups is 3. The summed E-state index contributed by atoms with van der Waals surface area (Å²) in [5, 5.41) is 0.810. The topological polar surface area (TPSA) is 63.7 Å². The second-order valence-corrected chi connectivity index (χ2v) is 8.13. The molecule has 2 aliphatic carbocycles. The molecule has 0 spiro atoms. The zero-order valence-electron chi connectivity index (χ0n) is 13.7. The first-order chi connectivity index (χ1) is 11.4. The van der Waals surface area contributed by atoms with Crippen LogP contribution in [0.25, 0.3) is 0 Å². The number of hydrogen-bond donors (Lipinski definition) is 0. The first-order valence-electron chi connectivity index (χ1n) is 8.19. The largest absolute Gasteiger partial charge is 0.299 e. The molecule has 2 unspecified atom stereocenters.